The number of carbonyl (C=O) groups is 2. The Bertz CT molecular complexity index is 493. The molecule has 116 valence electrons. The summed E-state index contributed by atoms with van der Waals surface area (Å²) in [4.78, 5) is 25.4. The Morgan fingerprint density at radius 2 is 1.73 bits per heavy atom. The van der Waals surface area contributed by atoms with E-state index in [0.717, 1.165) is 5.56 Å². The number of aliphatic hydroxyl groups is 1. The summed E-state index contributed by atoms with van der Waals surface area (Å²) in [6.07, 6.45) is -0.825. The predicted octanol–water partition coefficient (Wildman–Crippen LogP) is -3.89. The van der Waals surface area contributed by atoms with E-state index in [4.69, 9.17) is 0 Å². The number of benzene rings is 1. The minimum Gasteiger partial charge on any atom is -0.549 e. The Labute approximate surface area is 153 Å². The number of carbonyl (C=O) groups excluding carboxylic acids is 2. The standard InChI is InChI=1S/C15H22N2O4.Na/c1-11-4-6-12(7-5-11)15(21)17(3)9-13(18)8-16(2)10-14(19)20;/h4-7,13,18H,8-10H2,1-3H3,(H,19,20);/q;+1/p-1. The second-order valence-corrected chi connectivity index (χ2v) is 5.27. The van der Waals surface area contributed by atoms with Crippen molar-refractivity contribution in [2.75, 3.05) is 33.7 Å². The molecule has 0 aliphatic heterocycles. The number of carboxylic acids is 1. The van der Waals surface area contributed by atoms with Gasteiger partial charge in [-0.1, -0.05) is 17.7 Å². The third-order valence-corrected chi connectivity index (χ3v) is 3.05. The molecule has 1 unspecified atom stereocenters. The smallest absolute Gasteiger partial charge is 0.549 e. The number of amides is 1. The fourth-order valence-electron chi connectivity index (χ4n) is 2.02. The molecule has 0 spiro atoms. The fraction of sp³-hybridized carbons (Fsp3) is 0.467. The van der Waals surface area contributed by atoms with E-state index in [2.05, 4.69) is 0 Å². The van der Waals surface area contributed by atoms with Crippen LogP contribution in [0, 0.1) is 6.92 Å². The summed E-state index contributed by atoms with van der Waals surface area (Å²) in [6.45, 7) is 1.96. The van der Waals surface area contributed by atoms with Crippen molar-refractivity contribution in [3.8, 4) is 0 Å². The summed E-state index contributed by atoms with van der Waals surface area (Å²) in [5.74, 6) is -1.38. The van der Waals surface area contributed by atoms with Crippen LogP contribution in [0.15, 0.2) is 24.3 Å². The molecule has 7 heteroatoms. The fourth-order valence-corrected chi connectivity index (χ4v) is 2.02. The molecular formula is C15H21N2NaO4. The van der Waals surface area contributed by atoms with Crippen molar-refractivity contribution in [3.63, 3.8) is 0 Å². The number of hydrogen-bond donors (Lipinski definition) is 1. The number of carboxylic acid groups (broad SMARTS) is 1. The molecule has 0 aromatic heterocycles. The van der Waals surface area contributed by atoms with Gasteiger partial charge in [0.2, 0.25) is 0 Å². The quantitative estimate of drug-likeness (QED) is 0.520. The van der Waals surface area contributed by atoms with E-state index < -0.39 is 12.1 Å². The van der Waals surface area contributed by atoms with Crippen LogP contribution in [-0.4, -0.2) is 66.6 Å². The van der Waals surface area contributed by atoms with Crippen molar-refractivity contribution in [3.05, 3.63) is 35.4 Å². The van der Waals surface area contributed by atoms with Crippen LogP contribution >= 0.6 is 0 Å². The monoisotopic (exact) mass is 316 g/mol. The third-order valence-electron chi connectivity index (χ3n) is 3.05. The SMILES string of the molecule is Cc1ccc(C(=O)N(C)CC(O)CN(C)CC(=O)[O-])cc1.[Na+]. The van der Waals surface area contributed by atoms with Crippen LogP contribution in [0.2, 0.25) is 0 Å². The van der Waals surface area contributed by atoms with Gasteiger partial charge in [-0.15, -0.1) is 0 Å². The maximum Gasteiger partial charge on any atom is 1.00 e. The number of aryl methyl sites for hydroxylation is 1. The van der Waals surface area contributed by atoms with Crippen LogP contribution in [0.25, 0.3) is 0 Å². The topological polar surface area (TPSA) is 83.9 Å². The average molecular weight is 316 g/mol. The largest absolute Gasteiger partial charge is 1.00 e. The molecular weight excluding hydrogens is 295 g/mol. The van der Waals surface area contributed by atoms with Crippen LogP contribution in [0.3, 0.4) is 0 Å². The van der Waals surface area contributed by atoms with Crippen LogP contribution in [-0.2, 0) is 4.79 Å². The summed E-state index contributed by atoms with van der Waals surface area (Å²) in [5.41, 5.74) is 1.62. The van der Waals surface area contributed by atoms with Gasteiger partial charge in [-0.25, -0.2) is 0 Å². The van der Waals surface area contributed by atoms with E-state index in [9.17, 15) is 19.8 Å². The number of aliphatic carboxylic acids is 1. The van der Waals surface area contributed by atoms with Crippen molar-refractivity contribution in [1.29, 1.82) is 0 Å². The molecule has 1 amide bonds. The first-order valence-electron chi connectivity index (χ1n) is 6.68. The molecule has 6 nitrogen and oxygen atoms in total. The van der Waals surface area contributed by atoms with Crippen LogP contribution in [0.1, 0.15) is 15.9 Å². The van der Waals surface area contributed by atoms with Gasteiger partial charge < -0.3 is 19.9 Å². The van der Waals surface area contributed by atoms with Crippen molar-refractivity contribution in [2.45, 2.75) is 13.0 Å². The van der Waals surface area contributed by atoms with Crippen molar-refractivity contribution in [2.24, 2.45) is 0 Å². The van der Waals surface area contributed by atoms with Crippen LogP contribution in [0.5, 0.6) is 0 Å². The predicted molar refractivity (Wildman–Crippen MR) is 76.7 cm³/mol. The zero-order valence-corrected chi connectivity index (χ0v) is 15.6. The van der Waals surface area contributed by atoms with E-state index in [-0.39, 0.29) is 55.1 Å². The molecule has 22 heavy (non-hydrogen) atoms. The molecule has 1 rings (SSSR count). The maximum atomic E-state index is 12.2. The van der Waals surface area contributed by atoms with Gasteiger partial charge in [0.05, 0.1) is 12.1 Å². The van der Waals surface area contributed by atoms with Gasteiger partial charge in [0, 0.05) is 32.2 Å². The van der Waals surface area contributed by atoms with Crippen LogP contribution in [0.4, 0.5) is 0 Å². The minimum atomic E-state index is -1.20. The van der Waals surface area contributed by atoms with E-state index in [1.807, 2.05) is 19.1 Å². The first-order chi connectivity index (χ1) is 9.79. The van der Waals surface area contributed by atoms with Gasteiger partial charge in [0.1, 0.15) is 0 Å². The molecule has 0 heterocycles. The summed E-state index contributed by atoms with van der Waals surface area (Å²) in [6, 6.07) is 7.18. The second-order valence-electron chi connectivity index (χ2n) is 5.27. The Balaban J connectivity index is 0.00000441. The summed E-state index contributed by atoms with van der Waals surface area (Å²) >= 11 is 0. The first kappa shape index (κ1) is 21.1. The second kappa shape index (κ2) is 9.97. The molecule has 0 saturated heterocycles. The molecule has 0 aliphatic rings. The van der Waals surface area contributed by atoms with Crippen molar-refractivity contribution >= 4 is 11.9 Å². The van der Waals surface area contributed by atoms with E-state index >= 15 is 0 Å². The molecule has 1 aromatic carbocycles. The molecule has 1 atom stereocenters. The Hall–Kier alpha value is -0.920. The average Bonchev–Trinajstić information content (AvgIpc) is 2.37. The van der Waals surface area contributed by atoms with Gasteiger partial charge in [-0.05, 0) is 26.1 Å². The van der Waals surface area contributed by atoms with Crippen LogP contribution < -0.4 is 34.7 Å². The maximum absolute atomic E-state index is 12.2. The number of likely N-dealkylation sites (N-methyl/N-ethyl adjacent to an activating group) is 2. The number of hydrogen-bond acceptors (Lipinski definition) is 5. The van der Waals surface area contributed by atoms with Gasteiger partial charge in [-0.2, -0.15) is 0 Å². The normalized spacial score (nSPS) is 11.7. The number of rotatable bonds is 7. The number of nitrogens with zero attached hydrogens (tertiary/aromatic N) is 2. The Kier molecular flexibility index (Phi) is 9.55. The van der Waals surface area contributed by atoms with Crippen molar-refractivity contribution < 1.29 is 49.4 Å². The van der Waals surface area contributed by atoms with Gasteiger partial charge in [0.25, 0.3) is 5.91 Å². The number of aliphatic hydroxyl groups excluding tert-OH is 1. The molecule has 1 N–H and O–H groups in total. The zero-order chi connectivity index (χ0) is 16.0. The zero-order valence-electron chi connectivity index (χ0n) is 13.6. The molecule has 1 aromatic rings. The van der Waals surface area contributed by atoms with Gasteiger partial charge in [-0.3, -0.25) is 9.69 Å². The molecule has 0 aliphatic carbocycles. The molecule has 0 fully saturated rings. The Morgan fingerprint density at radius 1 is 1.18 bits per heavy atom. The minimum absolute atomic E-state index is 0. The molecule has 0 saturated carbocycles. The third kappa shape index (κ3) is 7.38. The summed E-state index contributed by atoms with van der Waals surface area (Å²) < 4.78 is 0. The van der Waals surface area contributed by atoms with Gasteiger partial charge >= 0.3 is 29.6 Å². The van der Waals surface area contributed by atoms with E-state index in [1.54, 1.807) is 26.2 Å². The van der Waals surface area contributed by atoms with E-state index in [0.29, 0.717) is 5.56 Å². The van der Waals surface area contributed by atoms with E-state index in [1.165, 1.54) is 9.80 Å². The summed E-state index contributed by atoms with van der Waals surface area (Å²) in [7, 11) is 3.17. The Morgan fingerprint density at radius 3 is 2.23 bits per heavy atom. The molecule has 0 radical (unpaired) electrons. The molecule has 0 bridgehead atoms. The summed E-state index contributed by atoms with van der Waals surface area (Å²) in [5, 5.41) is 20.3. The van der Waals surface area contributed by atoms with Crippen molar-refractivity contribution in [1.82, 2.24) is 9.80 Å². The van der Waals surface area contributed by atoms with Gasteiger partial charge in [0.15, 0.2) is 0 Å². The first-order valence-corrected chi connectivity index (χ1v) is 6.68.